The number of fused-ring (bicyclic) bond motifs is 2. The van der Waals surface area contributed by atoms with E-state index in [2.05, 4.69) is 5.32 Å². The summed E-state index contributed by atoms with van der Waals surface area (Å²) in [5.41, 5.74) is 2.08. The molecule has 1 aliphatic carbocycles. The van der Waals surface area contributed by atoms with Gasteiger partial charge in [0.05, 0.1) is 5.39 Å². The van der Waals surface area contributed by atoms with Crippen molar-refractivity contribution in [3.05, 3.63) is 39.7 Å². The van der Waals surface area contributed by atoms with Gasteiger partial charge in [0.2, 0.25) is 5.91 Å². The van der Waals surface area contributed by atoms with Crippen molar-refractivity contribution in [2.75, 3.05) is 5.32 Å². The monoisotopic (exact) mass is 243 g/mol. The van der Waals surface area contributed by atoms with Gasteiger partial charge < -0.3 is 9.73 Å². The molecule has 92 valence electrons. The summed E-state index contributed by atoms with van der Waals surface area (Å²) in [6.45, 7) is 1.45. The van der Waals surface area contributed by atoms with E-state index in [0.717, 1.165) is 30.6 Å². The zero-order valence-electron chi connectivity index (χ0n) is 10.1. The maximum atomic E-state index is 12.2. The Kier molecular flexibility index (Phi) is 2.44. The highest BCUT2D eigenvalue weighted by Crippen LogP contribution is 2.25. The summed E-state index contributed by atoms with van der Waals surface area (Å²) >= 11 is 0. The summed E-state index contributed by atoms with van der Waals surface area (Å²) in [5.74, 6) is 0.658. The van der Waals surface area contributed by atoms with Crippen molar-refractivity contribution in [2.45, 2.75) is 26.2 Å². The van der Waals surface area contributed by atoms with Gasteiger partial charge in [-0.1, -0.05) is 0 Å². The second-order valence-corrected chi connectivity index (χ2v) is 4.58. The van der Waals surface area contributed by atoms with Gasteiger partial charge >= 0.3 is 0 Å². The van der Waals surface area contributed by atoms with Gasteiger partial charge in [0, 0.05) is 30.7 Å². The number of benzene rings is 1. The number of hydrogen-bond acceptors (Lipinski definition) is 3. The van der Waals surface area contributed by atoms with Crippen LogP contribution < -0.4 is 10.7 Å². The molecule has 3 rings (SSSR count). The minimum absolute atomic E-state index is 0.0677. The van der Waals surface area contributed by atoms with Crippen LogP contribution in [-0.2, 0) is 17.6 Å². The molecule has 18 heavy (non-hydrogen) atoms. The van der Waals surface area contributed by atoms with Gasteiger partial charge in [0.15, 0.2) is 5.43 Å². The Labute approximate surface area is 104 Å². The third-order valence-corrected chi connectivity index (χ3v) is 3.22. The smallest absolute Gasteiger partial charge is 0.221 e. The molecular weight excluding hydrogens is 230 g/mol. The highest BCUT2D eigenvalue weighted by molar-refractivity contribution is 5.91. The first-order valence-electron chi connectivity index (χ1n) is 6.01. The Bertz CT molecular complexity index is 700. The SMILES string of the molecule is CC(=O)Nc1ccc2c(=O)c3c(oc2c1)CCC3. The average molecular weight is 243 g/mol. The predicted molar refractivity (Wildman–Crippen MR) is 68.8 cm³/mol. The number of nitrogens with one attached hydrogen (secondary N) is 1. The molecular formula is C14H13NO3. The van der Waals surface area contributed by atoms with E-state index in [4.69, 9.17) is 4.42 Å². The minimum Gasteiger partial charge on any atom is -0.460 e. The topological polar surface area (TPSA) is 59.3 Å². The van der Waals surface area contributed by atoms with Crippen LogP contribution >= 0.6 is 0 Å². The van der Waals surface area contributed by atoms with Crippen LogP contribution in [0.3, 0.4) is 0 Å². The number of anilines is 1. The van der Waals surface area contributed by atoms with Crippen molar-refractivity contribution in [3.63, 3.8) is 0 Å². The fraction of sp³-hybridized carbons (Fsp3) is 0.286. The number of carbonyl (C=O) groups is 1. The molecule has 1 amide bonds. The molecule has 1 heterocycles. The van der Waals surface area contributed by atoms with Crippen LogP contribution in [0.15, 0.2) is 27.4 Å². The first kappa shape index (κ1) is 11.0. The molecule has 0 atom stereocenters. The molecule has 0 bridgehead atoms. The van der Waals surface area contributed by atoms with Crippen molar-refractivity contribution >= 4 is 22.6 Å². The first-order valence-corrected chi connectivity index (χ1v) is 6.01. The summed E-state index contributed by atoms with van der Waals surface area (Å²) in [7, 11) is 0. The van der Waals surface area contributed by atoms with Crippen molar-refractivity contribution in [2.24, 2.45) is 0 Å². The Hall–Kier alpha value is -2.10. The molecule has 0 fully saturated rings. The molecule has 4 heteroatoms. The lowest BCUT2D eigenvalue weighted by Crippen LogP contribution is -2.09. The van der Waals surface area contributed by atoms with E-state index in [9.17, 15) is 9.59 Å². The maximum Gasteiger partial charge on any atom is 0.221 e. The molecule has 1 N–H and O–H groups in total. The fourth-order valence-electron chi connectivity index (χ4n) is 2.44. The second kappa shape index (κ2) is 3.98. The van der Waals surface area contributed by atoms with E-state index in [0.29, 0.717) is 16.7 Å². The van der Waals surface area contributed by atoms with Crippen molar-refractivity contribution in [1.82, 2.24) is 0 Å². The Morgan fingerprint density at radius 1 is 1.33 bits per heavy atom. The molecule has 0 unspecified atom stereocenters. The summed E-state index contributed by atoms with van der Waals surface area (Å²) < 4.78 is 5.76. The van der Waals surface area contributed by atoms with Crippen LogP contribution in [0.1, 0.15) is 24.7 Å². The fourth-order valence-corrected chi connectivity index (χ4v) is 2.44. The van der Waals surface area contributed by atoms with Crippen molar-refractivity contribution in [3.8, 4) is 0 Å². The van der Waals surface area contributed by atoms with Gasteiger partial charge in [0.25, 0.3) is 0 Å². The van der Waals surface area contributed by atoms with Gasteiger partial charge in [-0.25, -0.2) is 0 Å². The van der Waals surface area contributed by atoms with Gasteiger partial charge in [-0.05, 0) is 25.0 Å². The zero-order valence-corrected chi connectivity index (χ0v) is 10.1. The van der Waals surface area contributed by atoms with Gasteiger partial charge in [0.1, 0.15) is 11.3 Å². The number of amides is 1. The standard InChI is InChI=1S/C14H13NO3/c1-8(16)15-9-5-6-11-13(7-9)18-12-4-2-3-10(12)14(11)17/h5-7H,2-4H2,1H3,(H,15,16). The summed E-state index contributed by atoms with van der Waals surface area (Å²) in [6, 6.07) is 5.14. The van der Waals surface area contributed by atoms with Crippen LogP contribution in [-0.4, -0.2) is 5.91 Å². The molecule has 2 aromatic rings. The molecule has 1 aromatic heterocycles. The second-order valence-electron chi connectivity index (χ2n) is 4.58. The highest BCUT2D eigenvalue weighted by atomic mass is 16.3. The molecule has 1 aromatic carbocycles. The molecule has 0 saturated heterocycles. The zero-order chi connectivity index (χ0) is 12.7. The summed E-state index contributed by atoms with van der Waals surface area (Å²) in [6.07, 6.45) is 2.61. The van der Waals surface area contributed by atoms with Gasteiger partial charge in [-0.3, -0.25) is 9.59 Å². The number of rotatable bonds is 1. The molecule has 0 radical (unpaired) electrons. The average Bonchev–Trinajstić information content (AvgIpc) is 2.76. The van der Waals surface area contributed by atoms with Crippen LogP contribution in [0.4, 0.5) is 5.69 Å². The molecule has 0 spiro atoms. The van der Waals surface area contributed by atoms with E-state index in [1.165, 1.54) is 6.92 Å². The van der Waals surface area contributed by atoms with Crippen molar-refractivity contribution < 1.29 is 9.21 Å². The normalized spacial score (nSPS) is 13.6. The Balaban J connectivity index is 2.20. The molecule has 0 aliphatic heterocycles. The summed E-state index contributed by atoms with van der Waals surface area (Å²) in [4.78, 5) is 23.2. The number of aryl methyl sites for hydroxylation is 1. The van der Waals surface area contributed by atoms with Crippen LogP contribution in [0, 0.1) is 0 Å². The number of hydrogen-bond donors (Lipinski definition) is 1. The quantitative estimate of drug-likeness (QED) is 0.835. The van der Waals surface area contributed by atoms with E-state index in [1.807, 2.05) is 0 Å². The minimum atomic E-state index is -0.141. The highest BCUT2D eigenvalue weighted by Gasteiger charge is 2.19. The predicted octanol–water partition coefficient (Wildman–Crippen LogP) is 2.24. The molecule has 4 nitrogen and oxygen atoms in total. The third-order valence-electron chi connectivity index (χ3n) is 3.22. The van der Waals surface area contributed by atoms with Gasteiger partial charge in [-0.15, -0.1) is 0 Å². The third kappa shape index (κ3) is 1.70. The maximum absolute atomic E-state index is 12.2. The summed E-state index contributed by atoms with van der Waals surface area (Å²) in [5, 5.41) is 3.27. The van der Waals surface area contributed by atoms with E-state index >= 15 is 0 Å². The van der Waals surface area contributed by atoms with Crippen LogP contribution in [0.25, 0.3) is 11.0 Å². The lowest BCUT2D eigenvalue weighted by atomic mass is 10.1. The lowest BCUT2D eigenvalue weighted by Gasteiger charge is -2.05. The Morgan fingerprint density at radius 2 is 2.17 bits per heavy atom. The van der Waals surface area contributed by atoms with E-state index in [-0.39, 0.29) is 11.3 Å². The van der Waals surface area contributed by atoms with Crippen LogP contribution in [0.5, 0.6) is 0 Å². The number of carbonyl (C=O) groups excluding carboxylic acids is 1. The lowest BCUT2D eigenvalue weighted by molar-refractivity contribution is -0.114. The largest absolute Gasteiger partial charge is 0.460 e. The van der Waals surface area contributed by atoms with Gasteiger partial charge in [-0.2, -0.15) is 0 Å². The van der Waals surface area contributed by atoms with Crippen molar-refractivity contribution in [1.29, 1.82) is 0 Å². The molecule has 1 aliphatic rings. The first-order chi connectivity index (χ1) is 8.65. The molecule has 0 saturated carbocycles. The van der Waals surface area contributed by atoms with Crippen LogP contribution in [0.2, 0.25) is 0 Å². The Morgan fingerprint density at radius 3 is 2.94 bits per heavy atom. The van der Waals surface area contributed by atoms with E-state index in [1.54, 1.807) is 18.2 Å². The van der Waals surface area contributed by atoms with E-state index < -0.39 is 0 Å².